The predicted octanol–water partition coefficient (Wildman–Crippen LogP) is 4.06. The molecule has 0 saturated carbocycles. The summed E-state index contributed by atoms with van der Waals surface area (Å²) in [6.45, 7) is 0. The van der Waals surface area contributed by atoms with Gasteiger partial charge in [-0.2, -0.15) is 0 Å². The summed E-state index contributed by atoms with van der Waals surface area (Å²) >= 11 is 3.39. The summed E-state index contributed by atoms with van der Waals surface area (Å²) in [6, 6.07) is 7.39. The zero-order valence-electron chi connectivity index (χ0n) is 9.30. The van der Waals surface area contributed by atoms with Crippen LogP contribution in [0.2, 0.25) is 0 Å². The van der Waals surface area contributed by atoms with Crippen LogP contribution in [-0.4, -0.2) is 5.91 Å². The Balaban J connectivity index is 2.18. The number of carbonyl (C=O) groups excluding carboxylic acids is 1. The molecule has 3 nitrogen and oxygen atoms in total. The Morgan fingerprint density at radius 3 is 2.28 bits per heavy atom. The van der Waals surface area contributed by atoms with Gasteiger partial charge in [-0.15, -0.1) is 10.2 Å². The minimum absolute atomic E-state index is 0.286. The van der Waals surface area contributed by atoms with Crippen LogP contribution >= 0.6 is 15.9 Å². The molecule has 0 spiro atoms. The summed E-state index contributed by atoms with van der Waals surface area (Å²) in [5, 5.41) is 7.72. The van der Waals surface area contributed by atoms with Crippen molar-refractivity contribution in [2.45, 2.75) is 0 Å². The van der Waals surface area contributed by atoms with Gasteiger partial charge in [0.05, 0.1) is 10.4 Å². The van der Waals surface area contributed by atoms with Crippen molar-refractivity contribution >= 4 is 27.5 Å². The van der Waals surface area contributed by atoms with Crippen molar-refractivity contribution < 1.29 is 4.79 Å². The van der Waals surface area contributed by atoms with Crippen molar-refractivity contribution in [2.75, 3.05) is 0 Å². The van der Waals surface area contributed by atoms with Crippen LogP contribution in [0.3, 0.4) is 0 Å². The Labute approximate surface area is 113 Å². The molecule has 0 atom stereocenters. The number of halogens is 1. The summed E-state index contributed by atoms with van der Waals surface area (Å²) < 4.78 is 0. The fourth-order valence-corrected chi connectivity index (χ4v) is 2.16. The molecule has 1 aromatic carbocycles. The van der Waals surface area contributed by atoms with Gasteiger partial charge in [-0.3, -0.25) is 4.79 Å². The SMILES string of the molecule is O=C1N=NC(=C2C=C[C](Br)C=C2)c2ccccc21. The molecule has 1 aliphatic heterocycles. The van der Waals surface area contributed by atoms with Crippen LogP contribution in [0.5, 0.6) is 0 Å². The van der Waals surface area contributed by atoms with E-state index in [1.807, 2.05) is 42.5 Å². The van der Waals surface area contributed by atoms with Crippen molar-refractivity contribution in [1.29, 1.82) is 0 Å². The lowest BCUT2D eigenvalue weighted by Crippen LogP contribution is -2.05. The largest absolute Gasteiger partial charge is 0.296 e. The van der Waals surface area contributed by atoms with E-state index in [-0.39, 0.29) is 5.91 Å². The maximum Gasteiger partial charge on any atom is 0.296 e. The smallest absolute Gasteiger partial charge is 0.265 e. The topological polar surface area (TPSA) is 41.8 Å². The van der Waals surface area contributed by atoms with E-state index in [0.717, 1.165) is 21.7 Å². The fourth-order valence-electron chi connectivity index (χ4n) is 1.90. The van der Waals surface area contributed by atoms with E-state index >= 15 is 0 Å². The lowest BCUT2D eigenvalue weighted by atomic mass is 9.97. The van der Waals surface area contributed by atoms with Gasteiger partial charge in [-0.1, -0.05) is 58.4 Å². The van der Waals surface area contributed by atoms with E-state index in [1.165, 1.54) is 0 Å². The minimum Gasteiger partial charge on any atom is -0.265 e. The number of nitrogens with zero attached hydrogens (tertiary/aromatic N) is 2. The van der Waals surface area contributed by atoms with E-state index < -0.39 is 0 Å². The number of azo groups is 1. The molecule has 1 aromatic rings. The number of fused-ring (bicyclic) bond motifs is 1. The molecule has 87 valence electrons. The van der Waals surface area contributed by atoms with Crippen LogP contribution in [-0.2, 0) is 0 Å². The molecule has 1 aliphatic carbocycles. The van der Waals surface area contributed by atoms with Crippen LogP contribution in [0, 0.1) is 4.83 Å². The van der Waals surface area contributed by atoms with Crippen LogP contribution in [0.1, 0.15) is 15.9 Å². The number of carbonyl (C=O) groups is 1. The Kier molecular flexibility index (Phi) is 2.80. The average Bonchev–Trinajstić information content (AvgIpc) is 2.41. The maximum atomic E-state index is 11.6. The first-order chi connectivity index (χ1) is 8.75. The molecular formula is C14H8BrN2O. The Bertz CT molecular complexity index is 625. The van der Waals surface area contributed by atoms with Gasteiger partial charge >= 0.3 is 0 Å². The monoisotopic (exact) mass is 299 g/mol. The van der Waals surface area contributed by atoms with Gasteiger partial charge < -0.3 is 0 Å². The molecule has 0 N–H and O–H groups in total. The van der Waals surface area contributed by atoms with Gasteiger partial charge in [0.1, 0.15) is 5.70 Å². The number of hydrogen-bond donors (Lipinski definition) is 0. The third kappa shape index (κ3) is 1.88. The Morgan fingerprint density at radius 1 is 0.889 bits per heavy atom. The molecule has 18 heavy (non-hydrogen) atoms. The second kappa shape index (κ2) is 4.46. The first kappa shape index (κ1) is 11.3. The second-order valence-corrected chi connectivity index (χ2v) is 4.82. The Morgan fingerprint density at radius 2 is 1.56 bits per heavy atom. The molecule has 0 aromatic heterocycles. The predicted molar refractivity (Wildman–Crippen MR) is 73.0 cm³/mol. The standard InChI is InChI=1S/C14H8BrN2O/c15-10-7-5-9(6-8-10)13-11-3-1-2-4-12(11)14(18)17-16-13/h1-8H. The summed E-state index contributed by atoms with van der Waals surface area (Å²) in [5.41, 5.74) is 3.12. The highest BCUT2D eigenvalue weighted by Gasteiger charge is 2.20. The number of hydrogen-bond acceptors (Lipinski definition) is 2. The van der Waals surface area contributed by atoms with Gasteiger partial charge in [0.15, 0.2) is 0 Å². The zero-order valence-corrected chi connectivity index (χ0v) is 10.9. The zero-order chi connectivity index (χ0) is 12.5. The summed E-state index contributed by atoms with van der Waals surface area (Å²) in [7, 11) is 0. The second-order valence-electron chi connectivity index (χ2n) is 3.91. The first-order valence-electron chi connectivity index (χ1n) is 5.44. The van der Waals surface area contributed by atoms with Gasteiger partial charge in [-0.25, -0.2) is 0 Å². The maximum absolute atomic E-state index is 11.6. The number of benzene rings is 1. The lowest BCUT2D eigenvalue weighted by molar-refractivity contribution is 0.0992. The van der Waals surface area contributed by atoms with Gasteiger partial charge in [0.2, 0.25) is 0 Å². The van der Waals surface area contributed by atoms with Gasteiger partial charge in [0.25, 0.3) is 5.91 Å². The third-order valence-electron chi connectivity index (χ3n) is 2.77. The molecule has 4 heteroatoms. The molecule has 1 heterocycles. The number of rotatable bonds is 0. The molecule has 1 radical (unpaired) electrons. The highest BCUT2D eigenvalue weighted by Crippen LogP contribution is 2.32. The molecule has 1 amide bonds. The van der Waals surface area contributed by atoms with Crippen molar-refractivity contribution in [2.24, 2.45) is 10.2 Å². The van der Waals surface area contributed by atoms with Crippen LogP contribution in [0.4, 0.5) is 0 Å². The first-order valence-corrected chi connectivity index (χ1v) is 6.23. The quantitative estimate of drug-likeness (QED) is 0.712. The van der Waals surface area contributed by atoms with Crippen molar-refractivity contribution in [3.63, 3.8) is 0 Å². The van der Waals surface area contributed by atoms with E-state index in [9.17, 15) is 4.79 Å². The Hall–Kier alpha value is -1.81. The summed E-state index contributed by atoms with van der Waals surface area (Å²) in [4.78, 5) is 12.6. The van der Waals surface area contributed by atoms with Crippen LogP contribution in [0.25, 0.3) is 5.70 Å². The van der Waals surface area contributed by atoms with E-state index in [2.05, 4.69) is 26.2 Å². The molecule has 2 aliphatic rings. The highest BCUT2D eigenvalue weighted by atomic mass is 79.9. The van der Waals surface area contributed by atoms with E-state index in [1.54, 1.807) is 6.07 Å². The molecule has 0 unspecified atom stereocenters. The molecule has 0 saturated heterocycles. The molecule has 0 bridgehead atoms. The molecular weight excluding hydrogens is 292 g/mol. The fraction of sp³-hybridized carbons (Fsp3) is 0. The van der Waals surface area contributed by atoms with Gasteiger partial charge in [0, 0.05) is 11.1 Å². The van der Waals surface area contributed by atoms with Crippen LogP contribution < -0.4 is 0 Å². The van der Waals surface area contributed by atoms with Crippen molar-refractivity contribution in [3.05, 3.63) is 70.1 Å². The van der Waals surface area contributed by atoms with E-state index in [4.69, 9.17) is 0 Å². The number of allylic oxidation sites excluding steroid dienone is 5. The van der Waals surface area contributed by atoms with E-state index in [0.29, 0.717) is 5.56 Å². The highest BCUT2D eigenvalue weighted by molar-refractivity contribution is 9.11. The number of amides is 1. The average molecular weight is 300 g/mol. The summed E-state index contributed by atoms with van der Waals surface area (Å²) in [5.74, 6) is -0.286. The minimum atomic E-state index is -0.286. The normalized spacial score (nSPS) is 18.4. The molecule has 3 rings (SSSR count). The van der Waals surface area contributed by atoms with Crippen molar-refractivity contribution in [1.82, 2.24) is 0 Å². The van der Waals surface area contributed by atoms with Gasteiger partial charge in [-0.05, 0) is 6.07 Å². The molecule has 0 fully saturated rings. The van der Waals surface area contributed by atoms with Crippen LogP contribution in [0.15, 0.2) is 64.4 Å². The third-order valence-corrected chi connectivity index (χ3v) is 3.30. The van der Waals surface area contributed by atoms with Crippen molar-refractivity contribution in [3.8, 4) is 0 Å². The summed E-state index contributed by atoms with van der Waals surface area (Å²) in [6.07, 6.45) is 7.78. The lowest BCUT2D eigenvalue weighted by Gasteiger charge is -2.14.